The highest BCUT2D eigenvalue weighted by atomic mass is 35.5. The Hall–Kier alpha value is -0.640. The minimum absolute atomic E-state index is 0.0112. The summed E-state index contributed by atoms with van der Waals surface area (Å²) in [7, 11) is 0. The van der Waals surface area contributed by atoms with E-state index in [1.54, 1.807) is 6.26 Å². The third-order valence-corrected chi connectivity index (χ3v) is 4.41. The zero-order valence-corrected chi connectivity index (χ0v) is 13.4. The molecule has 2 nitrogen and oxygen atoms in total. The number of thioether (sulfide) groups is 1. The second kappa shape index (κ2) is 5.78. The summed E-state index contributed by atoms with van der Waals surface area (Å²) in [5.74, 6) is 0.786. The van der Waals surface area contributed by atoms with Gasteiger partial charge in [-0.3, -0.25) is 0 Å². The molecule has 0 bridgehead atoms. The fourth-order valence-corrected chi connectivity index (χ4v) is 2.82. The number of nitrogens with zero attached hydrogens (tertiary/aromatic N) is 1. The number of benzene rings is 1. The van der Waals surface area contributed by atoms with Gasteiger partial charge in [0.05, 0.1) is 10.9 Å². The van der Waals surface area contributed by atoms with E-state index in [0.29, 0.717) is 0 Å². The standard InChI is InChI=1S/C15H20ClNOS/c1-11-5-7-12(8-6-11)14-13(16)9-18-17(14)10-19-15(2,3)4/h5-9,14H,10H2,1-4H3. The fraction of sp³-hybridized carbons (Fsp3) is 0.467. The molecule has 1 aromatic carbocycles. The normalized spacial score (nSPS) is 20.3. The molecule has 19 heavy (non-hydrogen) atoms. The fourth-order valence-electron chi connectivity index (χ4n) is 1.82. The van der Waals surface area contributed by atoms with E-state index in [-0.39, 0.29) is 10.8 Å². The molecule has 4 heteroatoms. The SMILES string of the molecule is Cc1ccc(C2C(Cl)=CON2CSC(C)(C)C)cc1. The van der Waals surface area contributed by atoms with Crippen molar-refractivity contribution in [3.05, 3.63) is 46.7 Å². The lowest BCUT2D eigenvalue weighted by Crippen LogP contribution is -2.25. The molecule has 0 aromatic heterocycles. The van der Waals surface area contributed by atoms with Gasteiger partial charge >= 0.3 is 0 Å². The van der Waals surface area contributed by atoms with Crippen LogP contribution < -0.4 is 0 Å². The van der Waals surface area contributed by atoms with Crippen LogP contribution in [-0.4, -0.2) is 15.7 Å². The molecule has 1 unspecified atom stereocenters. The van der Waals surface area contributed by atoms with Crippen LogP contribution in [0.3, 0.4) is 0 Å². The minimum Gasteiger partial charge on any atom is -0.411 e. The highest BCUT2D eigenvalue weighted by Crippen LogP contribution is 2.38. The summed E-state index contributed by atoms with van der Waals surface area (Å²) in [6.45, 7) is 8.68. The van der Waals surface area contributed by atoms with E-state index in [1.165, 1.54) is 11.1 Å². The summed E-state index contributed by atoms with van der Waals surface area (Å²) in [6, 6.07) is 8.44. The Morgan fingerprint density at radius 2 is 1.89 bits per heavy atom. The van der Waals surface area contributed by atoms with Gasteiger partial charge in [0, 0.05) is 4.75 Å². The van der Waals surface area contributed by atoms with Crippen LogP contribution in [0.1, 0.15) is 37.9 Å². The average molecular weight is 298 g/mol. The van der Waals surface area contributed by atoms with E-state index in [9.17, 15) is 0 Å². The Bertz CT molecular complexity index is 464. The molecular weight excluding hydrogens is 278 g/mol. The molecule has 0 saturated carbocycles. The number of halogens is 1. The van der Waals surface area contributed by atoms with E-state index in [2.05, 4.69) is 52.0 Å². The van der Waals surface area contributed by atoms with E-state index in [0.717, 1.165) is 10.9 Å². The summed E-state index contributed by atoms with van der Waals surface area (Å²) in [6.07, 6.45) is 1.63. The number of hydrogen-bond donors (Lipinski definition) is 0. The van der Waals surface area contributed by atoms with Crippen LogP contribution in [0, 0.1) is 6.92 Å². The van der Waals surface area contributed by atoms with Crippen LogP contribution in [0.4, 0.5) is 0 Å². The van der Waals surface area contributed by atoms with Crippen LogP contribution in [0.25, 0.3) is 0 Å². The van der Waals surface area contributed by atoms with Gasteiger partial charge in [-0.2, -0.15) is 0 Å². The van der Waals surface area contributed by atoms with E-state index < -0.39 is 0 Å². The largest absolute Gasteiger partial charge is 0.411 e. The summed E-state index contributed by atoms with van der Waals surface area (Å²) < 4.78 is 0.205. The topological polar surface area (TPSA) is 12.5 Å². The minimum atomic E-state index is 0.0112. The lowest BCUT2D eigenvalue weighted by molar-refractivity contribution is -0.0871. The first-order chi connectivity index (χ1) is 8.87. The van der Waals surface area contributed by atoms with E-state index in [4.69, 9.17) is 16.4 Å². The first-order valence-electron chi connectivity index (χ1n) is 6.36. The zero-order valence-electron chi connectivity index (χ0n) is 11.8. The van der Waals surface area contributed by atoms with E-state index >= 15 is 0 Å². The number of hydroxylamine groups is 2. The lowest BCUT2D eigenvalue weighted by atomic mass is 10.1. The molecule has 0 radical (unpaired) electrons. The molecule has 1 aliphatic heterocycles. The molecule has 104 valence electrons. The second-order valence-electron chi connectivity index (χ2n) is 5.72. The van der Waals surface area contributed by atoms with Gasteiger partial charge in [0.2, 0.25) is 0 Å². The van der Waals surface area contributed by atoms with Gasteiger partial charge in [0.25, 0.3) is 0 Å². The van der Waals surface area contributed by atoms with Crippen LogP contribution in [-0.2, 0) is 4.84 Å². The molecule has 1 atom stereocenters. The maximum absolute atomic E-state index is 6.28. The first-order valence-corrected chi connectivity index (χ1v) is 7.73. The molecule has 0 amide bonds. The molecule has 2 rings (SSSR count). The Morgan fingerprint density at radius 1 is 1.26 bits per heavy atom. The van der Waals surface area contributed by atoms with Gasteiger partial charge in [-0.25, -0.2) is 0 Å². The Labute approximate surface area is 124 Å². The highest BCUT2D eigenvalue weighted by molar-refractivity contribution is 8.00. The maximum atomic E-state index is 6.28. The predicted octanol–water partition coefficient (Wildman–Crippen LogP) is 4.85. The molecule has 1 aliphatic rings. The highest BCUT2D eigenvalue weighted by Gasteiger charge is 2.31. The molecule has 0 spiro atoms. The number of rotatable bonds is 3. The van der Waals surface area contributed by atoms with E-state index in [1.807, 2.05) is 16.8 Å². The van der Waals surface area contributed by atoms with Crippen molar-refractivity contribution in [2.45, 2.75) is 38.5 Å². The first kappa shape index (κ1) is 14.8. The van der Waals surface area contributed by atoms with Gasteiger partial charge in [-0.1, -0.05) is 62.2 Å². The van der Waals surface area contributed by atoms with Crippen molar-refractivity contribution in [1.29, 1.82) is 0 Å². The Balaban J connectivity index is 2.11. The Kier molecular flexibility index (Phi) is 4.49. The van der Waals surface area contributed by atoms with Crippen molar-refractivity contribution in [3.63, 3.8) is 0 Å². The number of aryl methyl sites for hydroxylation is 1. The van der Waals surface area contributed by atoms with Gasteiger partial charge in [0.15, 0.2) is 0 Å². The second-order valence-corrected chi connectivity index (χ2v) is 7.93. The van der Waals surface area contributed by atoms with Crippen molar-refractivity contribution < 1.29 is 4.84 Å². The monoisotopic (exact) mass is 297 g/mol. The molecule has 0 N–H and O–H groups in total. The van der Waals surface area contributed by atoms with Crippen molar-refractivity contribution in [2.75, 3.05) is 5.88 Å². The Morgan fingerprint density at radius 3 is 2.47 bits per heavy atom. The predicted molar refractivity (Wildman–Crippen MR) is 83.0 cm³/mol. The van der Waals surface area contributed by atoms with Gasteiger partial charge < -0.3 is 4.84 Å². The van der Waals surface area contributed by atoms with Crippen LogP contribution in [0.2, 0.25) is 0 Å². The van der Waals surface area contributed by atoms with Crippen molar-refractivity contribution in [1.82, 2.24) is 5.06 Å². The molecular formula is C15H20ClNOS. The summed E-state index contributed by atoms with van der Waals surface area (Å²) >= 11 is 8.13. The van der Waals surface area contributed by atoms with Gasteiger partial charge in [-0.15, -0.1) is 16.8 Å². The molecule has 1 aromatic rings. The smallest absolute Gasteiger partial charge is 0.128 e. The third-order valence-electron chi connectivity index (χ3n) is 2.87. The van der Waals surface area contributed by atoms with Crippen molar-refractivity contribution in [3.8, 4) is 0 Å². The lowest BCUT2D eigenvalue weighted by Gasteiger charge is -2.26. The molecule has 0 saturated heterocycles. The number of hydrogen-bond acceptors (Lipinski definition) is 3. The van der Waals surface area contributed by atoms with Crippen molar-refractivity contribution >= 4 is 23.4 Å². The quantitative estimate of drug-likeness (QED) is 0.791. The van der Waals surface area contributed by atoms with Gasteiger partial charge in [0.1, 0.15) is 12.3 Å². The zero-order chi connectivity index (χ0) is 14.0. The summed E-state index contributed by atoms with van der Waals surface area (Å²) in [4.78, 5) is 5.58. The van der Waals surface area contributed by atoms with Crippen LogP contribution in [0.15, 0.2) is 35.6 Å². The van der Waals surface area contributed by atoms with Gasteiger partial charge in [-0.05, 0) is 12.5 Å². The third kappa shape index (κ3) is 3.91. The molecule has 1 heterocycles. The summed E-state index contributed by atoms with van der Waals surface area (Å²) in [5, 5.41) is 2.67. The molecule has 0 fully saturated rings. The average Bonchev–Trinajstić information content (AvgIpc) is 2.68. The van der Waals surface area contributed by atoms with Crippen molar-refractivity contribution in [2.24, 2.45) is 0 Å². The van der Waals surface area contributed by atoms with Crippen LogP contribution in [0.5, 0.6) is 0 Å². The summed E-state index contributed by atoms with van der Waals surface area (Å²) in [5.41, 5.74) is 2.41. The molecule has 0 aliphatic carbocycles. The maximum Gasteiger partial charge on any atom is 0.128 e. The van der Waals surface area contributed by atoms with Crippen LogP contribution >= 0.6 is 23.4 Å².